The van der Waals surface area contributed by atoms with Crippen molar-refractivity contribution in [1.29, 1.82) is 0 Å². The van der Waals surface area contributed by atoms with Crippen LogP contribution in [0.25, 0.3) is 11.1 Å². The Balaban J connectivity index is 1.76. The van der Waals surface area contributed by atoms with Crippen LogP contribution in [-0.2, 0) is 0 Å². The van der Waals surface area contributed by atoms with Gasteiger partial charge in [0.2, 0.25) is 0 Å². The van der Waals surface area contributed by atoms with Crippen LogP contribution >= 0.6 is 0 Å². The average Bonchev–Trinajstić information content (AvgIpc) is 2.76. The summed E-state index contributed by atoms with van der Waals surface area (Å²) >= 11 is 0. The molecule has 0 aromatic heterocycles. The van der Waals surface area contributed by atoms with Crippen molar-refractivity contribution in [3.8, 4) is 16.9 Å². The van der Waals surface area contributed by atoms with E-state index in [0.29, 0.717) is 11.5 Å². The maximum Gasteiger partial charge on any atom is 0.459 e. The third kappa shape index (κ3) is 5.45. The summed E-state index contributed by atoms with van der Waals surface area (Å²) in [6.45, 7) is 2.18. The standard InChI is InChI=1S/C24H23F7O/c1-2-3-14-4-6-15(7-5-14)16-8-10-17(11-9-16)18-12-19(25)21(20(26)13-18)32-24(30,31)22(27)23(28)29/h8-15H,2-7H2,1H3. The first-order valence-corrected chi connectivity index (χ1v) is 10.5. The molecule has 0 radical (unpaired) electrons. The van der Waals surface area contributed by atoms with Gasteiger partial charge in [0.05, 0.1) is 0 Å². The Morgan fingerprint density at radius 2 is 1.47 bits per heavy atom. The van der Waals surface area contributed by atoms with Crippen LogP contribution in [0.5, 0.6) is 5.75 Å². The number of ether oxygens (including phenoxy) is 1. The summed E-state index contributed by atoms with van der Waals surface area (Å²) in [6, 6.07) is 8.56. The van der Waals surface area contributed by atoms with Crippen molar-refractivity contribution >= 4 is 0 Å². The third-order valence-corrected chi connectivity index (χ3v) is 5.91. The summed E-state index contributed by atoms with van der Waals surface area (Å²) in [4.78, 5) is 0. The molecule has 1 fully saturated rings. The van der Waals surface area contributed by atoms with E-state index in [-0.39, 0.29) is 5.56 Å². The summed E-state index contributed by atoms with van der Waals surface area (Å²) in [6.07, 6.45) is -1.63. The van der Waals surface area contributed by atoms with E-state index in [1.165, 1.54) is 25.7 Å². The van der Waals surface area contributed by atoms with E-state index < -0.39 is 35.4 Å². The molecule has 1 nitrogen and oxygen atoms in total. The van der Waals surface area contributed by atoms with E-state index in [1.807, 2.05) is 12.1 Å². The summed E-state index contributed by atoms with van der Waals surface area (Å²) in [5.41, 5.74) is 1.60. The van der Waals surface area contributed by atoms with Gasteiger partial charge < -0.3 is 4.74 Å². The van der Waals surface area contributed by atoms with Crippen LogP contribution in [0.2, 0.25) is 0 Å². The van der Waals surface area contributed by atoms with Gasteiger partial charge in [-0.25, -0.2) is 8.78 Å². The van der Waals surface area contributed by atoms with Gasteiger partial charge in [0.15, 0.2) is 17.4 Å². The molecule has 0 bridgehead atoms. The fourth-order valence-corrected chi connectivity index (χ4v) is 4.25. The van der Waals surface area contributed by atoms with Crippen molar-refractivity contribution in [2.75, 3.05) is 0 Å². The van der Waals surface area contributed by atoms with Crippen LogP contribution in [0.3, 0.4) is 0 Å². The van der Waals surface area contributed by atoms with E-state index >= 15 is 0 Å². The zero-order valence-electron chi connectivity index (χ0n) is 17.4. The van der Waals surface area contributed by atoms with Gasteiger partial charge in [0, 0.05) is 0 Å². The largest absolute Gasteiger partial charge is 0.459 e. The van der Waals surface area contributed by atoms with Crippen molar-refractivity contribution in [2.24, 2.45) is 5.92 Å². The highest BCUT2D eigenvalue weighted by atomic mass is 19.3. The molecule has 0 atom stereocenters. The molecule has 1 saturated carbocycles. The van der Waals surface area contributed by atoms with Gasteiger partial charge in [-0.15, -0.1) is 0 Å². The van der Waals surface area contributed by atoms with Crippen LogP contribution < -0.4 is 4.74 Å². The number of rotatable bonds is 7. The molecule has 8 heteroatoms. The van der Waals surface area contributed by atoms with Crippen LogP contribution in [0.1, 0.15) is 56.9 Å². The second kappa shape index (κ2) is 9.96. The molecule has 0 amide bonds. The lowest BCUT2D eigenvalue weighted by molar-refractivity contribution is -0.162. The van der Waals surface area contributed by atoms with Crippen LogP contribution in [-0.4, -0.2) is 6.11 Å². The Hall–Kier alpha value is -2.51. The Labute approximate surface area is 181 Å². The minimum Gasteiger partial charge on any atom is -0.421 e. The Bertz CT molecular complexity index is 934. The molecule has 1 aliphatic carbocycles. The van der Waals surface area contributed by atoms with Crippen molar-refractivity contribution in [3.05, 3.63) is 65.5 Å². The van der Waals surface area contributed by atoms with Crippen molar-refractivity contribution in [2.45, 2.75) is 57.5 Å². The minimum absolute atomic E-state index is 0.0431. The van der Waals surface area contributed by atoms with Gasteiger partial charge in [-0.2, -0.15) is 22.0 Å². The van der Waals surface area contributed by atoms with Crippen LogP contribution in [0.15, 0.2) is 48.3 Å². The van der Waals surface area contributed by atoms with Crippen LogP contribution in [0, 0.1) is 17.6 Å². The van der Waals surface area contributed by atoms with Gasteiger partial charge in [0.1, 0.15) is 0 Å². The first-order chi connectivity index (χ1) is 15.1. The molecule has 3 rings (SSSR count). The molecule has 0 unspecified atom stereocenters. The lowest BCUT2D eigenvalue weighted by Gasteiger charge is -2.28. The van der Waals surface area contributed by atoms with Gasteiger partial charge in [-0.1, -0.05) is 44.0 Å². The Kier molecular flexibility index (Phi) is 7.51. The maximum absolute atomic E-state index is 14.2. The predicted octanol–water partition coefficient (Wildman–Crippen LogP) is 8.75. The Morgan fingerprint density at radius 1 is 0.906 bits per heavy atom. The Morgan fingerprint density at radius 3 is 1.97 bits per heavy atom. The van der Waals surface area contributed by atoms with E-state index in [2.05, 4.69) is 11.7 Å². The highest BCUT2D eigenvalue weighted by Gasteiger charge is 2.43. The molecule has 32 heavy (non-hydrogen) atoms. The topological polar surface area (TPSA) is 9.23 Å². The number of hydrogen-bond donors (Lipinski definition) is 0. The van der Waals surface area contributed by atoms with Gasteiger partial charge in [-0.3, -0.25) is 0 Å². The highest BCUT2D eigenvalue weighted by molar-refractivity contribution is 5.65. The molecule has 0 saturated heterocycles. The van der Waals surface area contributed by atoms with Crippen molar-refractivity contribution < 1.29 is 35.5 Å². The lowest BCUT2D eigenvalue weighted by Crippen LogP contribution is -2.27. The molecule has 0 N–H and O–H groups in total. The van der Waals surface area contributed by atoms with E-state index in [4.69, 9.17) is 0 Å². The van der Waals surface area contributed by atoms with Gasteiger partial charge >= 0.3 is 12.2 Å². The zero-order valence-corrected chi connectivity index (χ0v) is 17.4. The molecule has 2 aromatic carbocycles. The van der Waals surface area contributed by atoms with E-state index in [0.717, 1.165) is 36.5 Å². The SMILES string of the molecule is CCCC1CCC(c2ccc(-c3cc(F)c(OC(F)(F)C(F)=C(F)F)c(F)c3)cc2)CC1. The molecule has 0 heterocycles. The molecule has 1 aliphatic rings. The highest BCUT2D eigenvalue weighted by Crippen LogP contribution is 2.39. The number of alkyl halides is 2. The fourth-order valence-electron chi connectivity index (χ4n) is 4.25. The smallest absolute Gasteiger partial charge is 0.421 e. The minimum atomic E-state index is -5.21. The molecule has 174 valence electrons. The second-order valence-electron chi connectivity index (χ2n) is 8.09. The third-order valence-electron chi connectivity index (χ3n) is 5.91. The average molecular weight is 460 g/mol. The van der Waals surface area contributed by atoms with Crippen LogP contribution in [0.4, 0.5) is 30.7 Å². The maximum atomic E-state index is 14.2. The monoisotopic (exact) mass is 460 g/mol. The van der Waals surface area contributed by atoms with Crippen molar-refractivity contribution in [3.63, 3.8) is 0 Å². The summed E-state index contributed by atoms with van der Waals surface area (Å²) in [7, 11) is 0. The summed E-state index contributed by atoms with van der Waals surface area (Å²) in [5, 5.41) is 0. The molecule has 0 aliphatic heterocycles. The molecular formula is C24H23F7O. The fraction of sp³-hybridized carbons (Fsp3) is 0.417. The van der Waals surface area contributed by atoms with Gasteiger partial charge in [-0.05, 0) is 66.3 Å². The summed E-state index contributed by atoms with van der Waals surface area (Å²) in [5.74, 6) is -6.80. The first kappa shape index (κ1) is 24.1. The van der Waals surface area contributed by atoms with Gasteiger partial charge in [0.25, 0.3) is 5.83 Å². The molecule has 0 spiro atoms. The first-order valence-electron chi connectivity index (χ1n) is 10.5. The normalized spacial score (nSPS) is 19.0. The van der Waals surface area contributed by atoms with E-state index in [9.17, 15) is 30.7 Å². The molecule has 2 aromatic rings. The lowest BCUT2D eigenvalue weighted by atomic mass is 9.77. The summed E-state index contributed by atoms with van der Waals surface area (Å²) < 4.78 is 95.8. The number of hydrogen-bond acceptors (Lipinski definition) is 1. The zero-order chi connectivity index (χ0) is 23.5. The molecular weight excluding hydrogens is 437 g/mol. The predicted molar refractivity (Wildman–Crippen MR) is 107 cm³/mol. The van der Waals surface area contributed by atoms with E-state index in [1.54, 1.807) is 12.1 Å². The number of halogens is 7. The van der Waals surface area contributed by atoms with Crippen molar-refractivity contribution in [1.82, 2.24) is 0 Å². The quantitative estimate of drug-likeness (QED) is 0.375. The number of benzene rings is 2. The second-order valence-corrected chi connectivity index (χ2v) is 8.09.